The first-order chi connectivity index (χ1) is 9.33. The van der Waals surface area contributed by atoms with E-state index in [1.165, 1.54) is 5.56 Å². The topological polar surface area (TPSA) is 48.4 Å². The summed E-state index contributed by atoms with van der Waals surface area (Å²) in [4.78, 5) is 7.65. The van der Waals surface area contributed by atoms with Crippen LogP contribution in [0.4, 0.5) is 5.69 Å². The Kier molecular flexibility index (Phi) is 2.03. The fourth-order valence-electron chi connectivity index (χ4n) is 2.70. The highest BCUT2D eigenvalue weighted by Gasteiger charge is 2.21. The van der Waals surface area contributed by atoms with E-state index in [9.17, 15) is 5.11 Å². The average Bonchev–Trinajstić information content (AvgIpc) is 2.97. The SMILES string of the molecule is Oc1[nH]c2ccccc2c1C1=Nc2ccccc2C1. The third-order valence-electron chi connectivity index (χ3n) is 3.58. The Morgan fingerprint density at radius 1 is 1.00 bits per heavy atom. The van der Waals surface area contributed by atoms with Gasteiger partial charge in [-0.3, -0.25) is 4.99 Å². The molecule has 2 N–H and O–H groups in total. The number of nitrogens with zero attached hydrogens (tertiary/aromatic N) is 1. The Morgan fingerprint density at radius 2 is 1.79 bits per heavy atom. The minimum Gasteiger partial charge on any atom is -0.494 e. The number of nitrogens with one attached hydrogen (secondary N) is 1. The van der Waals surface area contributed by atoms with Gasteiger partial charge < -0.3 is 10.1 Å². The quantitative estimate of drug-likeness (QED) is 0.679. The number of fused-ring (bicyclic) bond motifs is 2. The van der Waals surface area contributed by atoms with Gasteiger partial charge in [-0.25, -0.2) is 0 Å². The second-order valence-electron chi connectivity index (χ2n) is 4.76. The summed E-state index contributed by atoms with van der Waals surface area (Å²) in [5.74, 6) is 0.202. The molecule has 0 atom stereocenters. The van der Waals surface area contributed by atoms with Gasteiger partial charge in [0.15, 0.2) is 5.88 Å². The van der Waals surface area contributed by atoms with Crippen molar-refractivity contribution in [3.05, 3.63) is 59.7 Å². The summed E-state index contributed by atoms with van der Waals surface area (Å²) in [6, 6.07) is 16.0. The summed E-state index contributed by atoms with van der Waals surface area (Å²) in [6.45, 7) is 0. The van der Waals surface area contributed by atoms with Gasteiger partial charge in [0.1, 0.15) is 0 Å². The standard InChI is InChI=1S/C16H12N2O/c19-16-15(11-6-2-4-8-13(11)18-16)14-9-10-5-1-3-7-12(10)17-14/h1-8,18-19H,9H2. The lowest BCUT2D eigenvalue weighted by atomic mass is 10.0. The number of aromatic nitrogens is 1. The summed E-state index contributed by atoms with van der Waals surface area (Å²) >= 11 is 0. The molecule has 0 fully saturated rings. The van der Waals surface area contributed by atoms with Gasteiger partial charge in [-0.05, 0) is 17.7 Å². The molecule has 1 aliphatic rings. The van der Waals surface area contributed by atoms with E-state index in [1.54, 1.807) is 0 Å². The number of hydrogen-bond acceptors (Lipinski definition) is 2. The predicted molar refractivity (Wildman–Crippen MR) is 76.3 cm³/mol. The van der Waals surface area contributed by atoms with Crippen molar-refractivity contribution in [3.8, 4) is 5.88 Å². The van der Waals surface area contributed by atoms with Crippen LogP contribution < -0.4 is 0 Å². The summed E-state index contributed by atoms with van der Waals surface area (Å²) < 4.78 is 0. The monoisotopic (exact) mass is 248 g/mol. The number of para-hydroxylation sites is 2. The molecule has 0 saturated heterocycles. The Hall–Kier alpha value is -2.55. The third-order valence-corrected chi connectivity index (χ3v) is 3.58. The minimum absolute atomic E-state index is 0.202. The van der Waals surface area contributed by atoms with Crippen molar-refractivity contribution in [1.82, 2.24) is 4.98 Å². The maximum absolute atomic E-state index is 10.1. The van der Waals surface area contributed by atoms with Crippen LogP contribution in [0.15, 0.2) is 53.5 Å². The zero-order valence-corrected chi connectivity index (χ0v) is 10.2. The molecule has 0 radical (unpaired) electrons. The Balaban J connectivity index is 1.92. The highest BCUT2D eigenvalue weighted by atomic mass is 16.3. The van der Waals surface area contributed by atoms with Crippen LogP contribution in [0, 0.1) is 0 Å². The van der Waals surface area contributed by atoms with Gasteiger partial charge in [-0.15, -0.1) is 0 Å². The number of aromatic amines is 1. The van der Waals surface area contributed by atoms with Gasteiger partial charge in [0.2, 0.25) is 0 Å². The van der Waals surface area contributed by atoms with E-state index in [-0.39, 0.29) is 5.88 Å². The average molecular weight is 248 g/mol. The summed E-state index contributed by atoms with van der Waals surface area (Å²) in [5.41, 5.74) is 4.90. The number of aromatic hydroxyl groups is 1. The van der Waals surface area contributed by atoms with E-state index in [2.05, 4.69) is 16.0 Å². The highest BCUT2D eigenvalue weighted by molar-refractivity contribution is 6.16. The van der Waals surface area contributed by atoms with Crippen LogP contribution >= 0.6 is 0 Å². The Bertz CT molecular complexity index is 814. The largest absolute Gasteiger partial charge is 0.494 e. The molecule has 0 amide bonds. The van der Waals surface area contributed by atoms with Gasteiger partial charge in [-0.1, -0.05) is 36.4 Å². The number of aliphatic imine (C=N–C) groups is 1. The molecule has 0 saturated carbocycles. The maximum atomic E-state index is 10.1. The maximum Gasteiger partial charge on any atom is 0.198 e. The lowest BCUT2D eigenvalue weighted by Crippen LogP contribution is -1.99. The predicted octanol–water partition coefficient (Wildman–Crippen LogP) is 3.55. The van der Waals surface area contributed by atoms with E-state index in [0.29, 0.717) is 0 Å². The molecule has 2 heterocycles. The molecular formula is C16H12N2O. The molecule has 0 spiro atoms. The van der Waals surface area contributed by atoms with Crippen LogP contribution in [0.5, 0.6) is 5.88 Å². The molecule has 1 aliphatic heterocycles. The van der Waals surface area contributed by atoms with Gasteiger partial charge in [-0.2, -0.15) is 0 Å². The van der Waals surface area contributed by atoms with Gasteiger partial charge >= 0.3 is 0 Å². The normalized spacial score (nSPS) is 13.6. The summed E-state index contributed by atoms with van der Waals surface area (Å²) in [5, 5.41) is 11.2. The molecular weight excluding hydrogens is 236 g/mol. The third kappa shape index (κ3) is 1.48. The van der Waals surface area contributed by atoms with Crippen LogP contribution in [0.1, 0.15) is 11.1 Å². The molecule has 2 aromatic carbocycles. The molecule has 0 unspecified atom stereocenters. The summed E-state index contributed by atoms with van der Waals surface area (Å²) in [6.07, 6.45) is 0.769. The van der Waals surface area contributed by atoms with Gasteiger partial charge in [0, 0.05) is 17.3 Å². The first-order valence-electron chi connectivity index (χ1n) is 6.28. The molecule has 19 heavy (non-hydrogen) atoms. The molecule has 3 aromatic rings. The summed E-state index contributed by atoms with van der Waals surface area (Å²) in [7, 11) is 0. The number of hydrogen-bond donors (Lipinski definition) is 2. The molecule has 0 aliphatic carbocycles. The van der Waals surface area contributed by atoms with Gasteiger partial charge in [0.25, 0.3) is 0 Å². The first-order valence-corrected chi connectivity index (χ1v) is 6.28. The van der Waals surface area contributed by atoms with E-state index >= 15 is 0 Å². The fraction of sp³-hybridized carbons (Fsp3) is 0.0625. The number of H-pyrrole nitrogens is 1. The zero-order valence-electron chi connectivity index (χ0n) is 10.2. The second-order valence-corrected chi connectivity index (χ2v) is 4.76. The molecule has 1 aromatic heterocycles. The van der Waals surface area contributed by atoms with Crippen molar-refractivity contribution >= 4 is 22.3 Å². The first kappa shape index (κ1) is 10.4. The van der Waals surface area contributed by atoms with Crippen LogP contribution in [0.25, 0.3) is 10.9 Å². The van der Waals surface area contributed by atoms with Crippen LogP contribution in [-0.4, -0.2) is 15.8 Å². The lowest BCUT2D eigenvalue weighted by molar-refractivity contribution is 0.457. The van der Waals surface area contributed by atoms with Crippen molar-refractivity contribution in [2.24, 2.45) is 4.99 Å². The highest BCUT2D eigenvalue weighted by Crippen LogP contribution is 2.34. The van der Waals surface area contributed by atoms with Crippen LogP contribution in [0.2, 0.25) is 0 Å². The number of rotatable bonds is 1. The number of benzene rings is 2. The molecule has 4 rings (SSSR count). The van der Waals surface area contributed by atoms with E-state index in [0.717, 1.165) is 34.3 Å². The van der Waals surface area contributed by atoms with Gasteiger partial charge in [0.05, 0.1) is 17.0 Å². The molecule has 3 heteroatoms. The van der Waals surface area contributed by atoms with E-state index < -0.39 is 0 Å². The zero-order chi connectivity index (χ0) is 12.8. The Labute approximate surface area is 110 Å². The van der Waals surface area contributed by atoms with Crippen molar-refractivity contribution < 1.29 is 5.11 Å². The smallest absolute Gasteiger partial charge is 0.198 e. The van der Waals surface area contributed by atoms with Crippen molar-refractivity contribution in [3.63, 3.8) is 0 Å². The van der Waals surface area contributed by atoms with Crippen LogP contribution in [-0.2, 0) is 6.42 Å². The van der Waals surface area contributed by atoms with Crippen molar-refractivity contribution in [2.45, 2.75) is 6.42 Å². The van der Waals surface area contributed by atoms with E-state index in [1.807, 2.05) is 42.5 Å². The molecule has 0 bridgehead atoms. The lowest BCUT2D eigenvalue weighted by Gasteiger charge is -1.99. The molecule has 92 valence electrons. The molecule has 3 nitrogen and oxygen atoms in total. The van der Waals surface area contributed by atoms with Crippen molar-refractivity contribution in [2.75, 3.05) is 0 Å². The van der Waals surface area contributed by atoms with Crippen LogP contribution in [0.3, 0.4) is 0 Å². The Morgan fingerprint density at radius 3 is 2.68 bits per heavy atom. The second kappa shape index (κ2) is 3.72. The fourth-order valence-corrected chi connectivity index (χ4v) is 2.70. The van der Waals surface area contributed by atoms with E-state index in [4.69, 9.17) is 0 Å². The minimum atomic E-state index is 0.202. The van der Waals surface area contributed by atoms with Crippen molar-refractivity contribution in [1.29, 1.82) is 0 Å².